The molecule has 0 radical (unpaired) electrons. The number of imidazole rings is 1. The van der Waals surface area contributed by atoms with Gasteiger partial charge in [0.25, 0.3) is 0 Å². The van der Waals surface area contributed by atoms with Crippen LogP contribution in [0.2, 0.25) is 0 Å². The van der Waals surface area contributed by atoms with Crippen LogP contribution >= 0.6 is 0 Å². The van der Waals surface area contributed by atoms with E-state index in [1.807, 2.05) is 6.20 Å². The minimum Gasteiger partial charge on any atom is -0.347 e. The fourth-order valence-electron chi connectivity index (χ4n) is 1.78. The number of hydrogen-bond acceptors (Lipinski definition) is 2. The van der Waals surface area contributed by atoms with Crippen LogP contribution in [-0.2, 0) is 5.54 Å². The molecule has 11 heavy (non-hydrogen) atoms. The first-order valence-electron chi connectivity index (χ1n) is 4.10. The Morgan fingerprint density at radius 2 is 2.18 bits per heavy atom. The maximum absolute atomic E-state index is 6.13. The molecule has 0 bridgehead atoms. The third-order valence-electron chi connectivity index (χ3n) is 2.47. The van der Waals surface area contributed by atoms with Gasteiger partial charge in [-0.3, -0.25) is 0 Å². The van der Waals surface area contributed by atoms with E-state index in [4.69, 9.17) is 5.73 Å². The Morgan fingerprint density at radius 3 is 2.73 bits per heavy atom. The van der Waals surface area contributed by atoms with Gasteiger partial charge in [-0.2, -0.15) is 0 Å². The molecule has 0 spiro atoms. The number of rotatable bonds is 1. The van der Waals surface area contributed by atoms with Crippen LogP contribution < -0.4 is 5.73 Å². The molecule has 3 nitrogen and oxygen atoms in total. The maximum atomic E-state index is 6.13. The van der Waals surface area contributed by atoms with Crippen LogP contribution in [0.4, 0.5) is 0 Å². The Morgan fingerprint density at radius 1 is 1.45 bits per heavy atom. The van der Waals surface area contributed by atoms with Gasteiger partial charge in [-0.15, -0.1) is 0 Å². The molecule has 1 aromatic heterocycles. The molecule has 1 fully saturated rings. The Hall–Kier alpha value is -0.830. The quantitative estimate of drug-likeness (QED) is 0.632. The van der Waals surface area contributed by atoms with Gasteiger partial charge in [-0.1, -0.05) is 12.8 Å². The lowest BCUT2D eigenvalue weighted by Crippen LogP contribution is -2.34. The Balaban J connectivity index is 2.27. The molecular formula is C8H13N3. The Kier molecular flexibility index (Phi) is 1.46. The fraction of sp³-hybridized carbons (Fsp3) is 0.625. The van der Waals surface area contributed by atoms with Gasteiger partial charge in [0.1, 0.15) is 5.82 Å². The van der Waals surface area contributed by atoms with Gasteiger partial charge in [-0.05, 0) is 12.8 Å². The highest BCUT2D eigenvalue weighted by Crippen LogP contribution is 2.33. The van der Waals surface area contributed by atoms with E-state index in [0.29, 0.717) is 0 Å². The number of nitrogens with two attached hydrogens (primary N) is 1. The number of aromatic amines is 1. The summed E-state index contributed by atoms with van der Waals surface area (Å²) < 4.78 is 0. The zero-order valence-corrected chi connectivity index (χ0v) is 6.51. The topological polar surface area (TPSA) is 54.7 Å². The highest BCUT2D eigenvalue weighted by atomic mass is 15.0. The summed E-state index contributed by atoms with van der Waals surface area (Å²) in [5.41, 5.74) is 5.98. The summed E-state index contributed by atoms with van der Waals surface area (Å²) in [6.07, 6.45) is 8.21. The van der Waals surface area contributed by atoms with E-state index in [0.717, 1.165) is 18.7 Å². The number of hydrogen-bond donors (Lipinski definition) is 2. The van der Waals surface area contributed by atoms with Crippen LogP contribution in [0.5, 0.6) is 0 Å². The second-order valence-corrected chi connectivity index (χ2v) is 3.30. The molecule has 1 heterocycles. The third-order valence-corrected chi connectivity index (χ3v) is 2.47. The predicted molar refractivity (Wildman–Crippen MR) is 42.9 cm³/mol. The molecule has 0 saturated heterocycles. The highest BCUT2D eigenvalue weighted by molar-refractivity contribution is 5.07. The first-order chi connectivity index (χ1) is 5.31. The molecule has 1 aliphatic carbocycles. The highest BCUT2D eigenvalue weighted by Gasteiger charge is 2.33. The summed E-state index contributed by atoms with van der Waals surface area (Å²) in [5.74, 6) is 0.954. The lowest BCUT2D eigenvalue weighted by molar-refractivity contribution is 0.435. The normalized spacial score (nSPS) is 22.3. The van der Waals surface area contributed by atoms with E-state index in [9.17, 15) is 0 Å². The van der Waals surface area contributed by atoms with Crippen molar-refractivity contribution >= 4 is 0 Å². The molecule has 0 aliphatic heterocycles. The predicted octanol–water partition coefficient (Wildman–Crippen LogP) is 1.14. The van der Waals surface area contributed by atoms with E-state index in [-0.39, 0.29) is 5.54 Å². The Labute approximate surface area is 66.0 Å². The van der Waals surface area contributed by atoms with Crippen LogP contribution in [0.1, 0.15) is 31.5 Å². The molecular weight excluding hydrogens is 138 g/mol. The van der Waals surface area contributed by atoms with E-state index >= 15 is 0 Å². The van der Waals surface area contributed by atoms with Gasteiger partial charge in [-0.25, -0.2) is 4.98 Å². The number of H-pyrrole nitrogens is 1. The van der Waals surface area contributed by atoms with Crippen LogP contribution in [0.3, 0.4) is 0 Å². The molecule has 3 heteroatoms. The smallest absolute Gasteiger partial charge is 0.126 e. The number of aromatic nitrogens is 2. The first-order valence-corrected chi connectivity index (χ1v) is 4.10. The minimum atomic E-state index is -0.149. The molecule has 1 aromatic rings. The first kappa shape index (κ1) is 6.85. The summed E-state index contributed by atoms with van der Waals surface area (Å²) >= 11 is 0. The summed E-state index contributed by atoms with van der Waals surface area (Å²) in [4.78, 5) is 7.27. The van der Waals surface area contributed by atoms with Crippen LogP contribution in [-0.4, -0.2) is 9.97 Å². The van der Waals surface area contributed by atoms with Crippen molar-refractivity contribution in [1.82, 2.24) is 9.97 Å². The molecule has 0 amide bonds. The van der Waals surface area contributed by atoms with Crippen LogP contribution in [0.15, 0.2) is 12.4 Å². The molecule has 1 aliphatic rings. The molecule has 2 rings (SSSR count). The summed E-state index contributed by atoms with van der Waals surface area (Å²) in [6.45, 7) is 0. The van der Waals surface area contributed by atoms with Crippen molar-refractivity contribution in [1.29, 1.82) is 0 Å². The molecule has 0 unspecified atom stereocenters. The van der Waals surface area contributed by atoms with Crippen molar-refractivity contribution < 1.29 is 0 Å². The van der Waals surface area contributed by atoms with Crippen molar-refractivity contribution in [2.24, 2.45) is 5.73 Å². The number of nitrogens with zero attached hydrogens (tertiary/aromatic N) is 1. The zero-order chi connectivity index (χ0) is 7.73. The van der Waals surface area contributed by atoms with Crippen molar-refractivity contribution in [2.75, 3.05) is 0 Å². The van der Waals surface area contributed by atoms with Gasteiger partial charge >= 0.3 is 0 Å². The zero-order valence-electron chi connectivity index (χ0n) is 6.51. The molecule has 0 atom stereocenters. The van der Waals surface area contributed by atoms with Crippen molar-refractivity contribution in [3.05, 3.63) is 18.2 Å². The SMILES string of the molecule is NC1(c2ncc[nH]2)CCCC1. The maximum Gasteiger partial charge on any atom is 0.126 e. The molecule has 60 valence electrons. The van der Waals surface area contributed by atoms with Crippen LogP contribution in [0.25, 0.3) is 0 Å². The van der Waals surface area contributed by atoms with Crippen molar-refractivity contribution in [3.63, 3.8) is 0 Å². The van der Waals surface area contributed by atoms with E-state index in [2.05, 4.69) is 9.97 Å². The van der Waals surface area contributed by atoms with Crippen molar-refractivity contribution in [2.45, 2.75) is 31.2 Å². The van der Waals surface area contributed by atoms with E-state index in [1.165, 1.54) is 12.8 Å². The lowest BCUT2D eigenvalue weighted by atomic mass is 9.99. The lowest BCUT2D eigenvalue weighted by Gasteiger charge is -2.19. The minimum absolute atomic E-state index is 0.149. The summed E-state index contributed by atoms with van der Waals surface area (Å²) in [7, 11) is 0. The molecule has 0 aromatic carbocycles. The van der Waals surface area contributed by atoms with E-state index < -0.39 is 0 Å². The molecule has 3 N–H and O–H groups in total. The molecule has 1 saturated carbocycles. The third kappa shape index (κ3) is 1.05. The average molecular weight is 151 g/mol. The number of nitrogens with one attached hydrogen (secondary N) is 1. The summed E-state index contributed by atoms with van der Waals surface area (Å²) in [5, 5.41) is 0. The fourth-order valence-corrected chi connectivity index (χ4v) is 1.78. The Bertz CT molecular complexity index is 221. The van der Waals surface area contributed by atoms with Gasteiger partial charge < -0.3 is 10.7 Å². The standard InChI is InChI=1S/C8H13N3/c9-8(3-1-2-4-8)7-10-5-6-11-7/h5-6H,1-4,9H2,(H,10,11). The largest absolute Gasteiger partial charge is 0.347 e. The van der Waals surface area contributed by atoms with Crippen molar-refractivity contribution in [3.8, 4) is 0 Å². The average Bonchev–Trinajstić information content (AvgIpc) is 2.55. The second kappa shape index (κ2) is 2.34. The monoisotopic (exact) mass is 151 g/mol. The van der Waals surface area contributed by atoms with Crippen LogP contribution in [0, 0.1) is 0 Å². The van der Waals surface area contributed by atoms with Gasteiger partial charge in [0.15, 0.2) is 0 Å². The van der Waals surface area contributed by atoms with Gasteiger partial charge in [0, 0.05) is 12.4 Å². The summed E-state index contributed by atoms with van der Waals surface area (Å²) in [6, 6.07) is 0. The second-order valence-electron chi connectivity index (χ2n) is 3.30. The van der Waals surface area contributed by atoms with Gasteiger partial charge in [0.2, 0.25) is 0 Å². The van der Waals surface area contributed by atoms with E-state index in [1.54, 1.807) is 6.20 Å². The van der Waals surface area contributed by atoms with Gasteiger partial charge in [0.05, 0.1) is 5.54 Å².